The zero-order valence-electron chi connectivity index (χ0n) is 16.3. The van der Waals surface area contributed by atoms with Gasteiger partial charge in [-0.15, -0.1) is 4.37 Å². The van der Waals surface area contributed by atoms with Crippen molar-refractivity contribution in [3.8, 4) is 5.88 Å². The number of esters is 1. The first-order valence-electron chi connectivity index (χ1n) is 9.18. The van der Waals surface area contributed by atoms with Crippen molar-refractivity contribution in [2.45, 2.75) is 32.4 Å². The molecule has 0 saturated carbocycles. The molecule has 0 amide bonds. The number of hydrogen-bond donors (Lipinski definition) is 1. The first kappa shape index (κ1) is 21.0. The van der Waals surface area contributed by atoms with Gasteiger partial charge in [-0.25, -0.2) is 4.79 Å². The second-order valence-electron chi connectivity index (χ2n) is 7.47. The van der Waals surface area contributed by atoms with Crippen LogP contribution >= 0.6 is 23.1 Å². The van der Waals surface area contributed by atoms with Crippen molar-refractivity contribution in [3.63, 3.8) is 0 Å². The van der Waals surface area contributed by atoms with Gasteiger partial charge < -0.3 is 24.4 Å². The Hall–Kier alpha value is -1.75. The van der Waals surface area contributed by atoms with E-state index in [4.69, 9.17) is 14.2 Å². The lowest BCUT2D eigenvalue weighted by Crippen LogP contribution is -2.44. The second kappa shape index (κ2) is 9.64. The predicted octanol–water partition coefficient (Wildman–Crippen LogP) is 2.43. The first-order valence-corrected chi connectivity index (χ1v) is 10.9. The van der Waals surface area contributed by atoms with E-state index >= 15 is 0 Å². The Morgan fingerprint density at radius 3 is 2.82 bits per heavy atom. The monoisotopic (exact) mass is 426 g/mol. The lowest BCUT2D eigenvalue weighted by molar-refractivity contribution is 0.0157. The molecular weight excluding hydrogens is 400 g/mol. The number of rotatable bonds is 8. The highest BCUT2D eigenvalue weighted by atomic mass is 32.1. The van der Waals surface area contributed by atoms with Gasteiger partial charge in [-0.3, -0.25) is 0 Å². The Bertz CT molecular complexity index is 739. The largest absolute Gasteiger partial charge is 0.470 e. The van der Waals surface area contributed by atoms with Gasteiger partial charge in [-0.1, -0.05) is 0 Å². The number of carbonyl (C=O) groups excluding carboxylic acids is 1. The van der Waals surface area contributed by atoms with Crippen molar-refractivity contribution in [2.75, 3.05) is 44.4 Å². The van der Waals surface area contributed by atoms with Gasteiger partial charge in [0, 0.05) is 30.6 Å². The molecule has 3 rings (SSSR count). The summed E-state index contributed by atoms with van der Waals surface area (Å²) >= 11 is 2.57. The number of nitrogens with one attached hydrogen (secondary N) is 1. The van der Waals surface area contributed by atoms with Crippen LogP contribution in [-0.2, 0) is 9.47 Å². The number of nitrogens with zero attached hydrogens (tertiary/aromatic N) is 3. The van der Waals surface area contributed by atoms with Gasteiger partial charge in [-0.05, 0) is 32.2 Å². The Morgan fingerprint density at radius 1 is 1.36 bits per heavy atom. The van der Waals surface area contributed by atoms with Gasteiger partial charge in [0.2, 0.25) is 5.82 Å². The Morgan fingerprint density at radius 2 is 2.14 bits per heavy atom. The van der Waals surface area contributed by atoms with E-state index in [2.05, 4.69) is 39.7 Å². The maximum atomic E-state index is 12.4. The number of thiophene rings is 1. The molecule has 8 nitrogen and oxygen atoms in total. The Kier molecular flexibility index (Phi) is 7.22. The van der Waals surface area contributed by atoms with Crippen LogP contribution in [0.2, 0.25) is 0 Å². The molecule has 0 aliphatic carbocycles. The van der Waals surface area contributed by atoms with Crippen LogP contribution in [0.4, 0.5) is 5.82 Å². The molecule has 3 heterocycles. The third kappa shape index (κ3) is 6.13. The number of anilines is 1. The summed E-state index contributed by atoms with van der Waals surface area (Å²) in [5.74, 6) is 0.842. The van der Waals surface area contributed by atoms with Gasteiger partial charge in [0.15, 0.2) is 0 Å². The summed E-state index contributed by atoms with van der Waals surface area (Å²) in [5.41, 5.74) is 0.448. The number of morpholine rings is 1. The van der Waals surface area contributed by atoms with Gasteiger partial charge in [-0.2, -0.15) is 15.7 Å². The summed E-state index contributed by atoms with van der Waals surface area (Å²) in [6.07, 6.45) is -0.453. The fourth-order valence-corrected chi connectivity index (χ4v) is 3.71. The zero-order valence-corrected chi connectivity index (χ0v) is 18.0. The van der Waals surface area contributed by atoms with Crippen molar-refractivity contribution >= 4 is 34.9 Å². The highest BCUT2D eigenvalue weighted by Crippen LogP contribution is 2.26. The minimum absolute atomic E-state index is 0.103. The van der Waals surface area contributed by atoms with Gasteiger partial charge in [0.1, 0.15) is 12.7 Å². The minimum Gasteiger partial charge on any atom is -0.470 e. The zero-order chi connectivity index (χ0) is 20.0. The molecule has 1 saturated heterocycles. The Balaban J connectivity index is 1.62. The fraction of sp³-hybridized carbons (Fsp3) is 0.611. The molecule has 2 aromatic rings. The third-order valence-electron chi connectivity index (χ3n) is 4.05. The van der Waals surface area contributed by atoms with E-state index in [0.717, 1.165) is 30.6 Å². The molecule has 28 heavy (non-hydrogen) atoms. The molecule has 0 radical (unpaired) electrons. The Labute approximate surface area is 173 Å². The van der Waals surface area contributed by atoms with E-state index in [1.807, 2.05) is 5.38 Å². The van der Waals surface area contributed by atoms with Crippen LogP contribution in [-0.4, -0.2) is 65.8 Å². The van der Waals surface area contributed by atoms with Gasteiger partial charge in [0.25, 0.3) is 5.88 Å². The van der Waals surface area contributed by atoms with E-state index in [-0.39, 0.29) is 18.1 Å². The maximum Gasteiger partial charge on any atom is 0.339 e. The van der Waals surface area contributed by atoms with Crippen molar-refractivity contribution < 1.29 is 19.0 Å². The van der Waals surface area contributed by atoms with Crippen LogP contribution < -0.4 is 15.0 Å². The van der Waals surface area contributed by atoms with Crippen molar-refractivity contribution in [1.29, 1.82) is 0 Å². The fourth-order valence-electron chi connectivity index (χ4n) is 2.56. The first-order chi connectivity index (χ1) is 13.4. The third-order valence-corrected chi connectivity index (χ3v) is 5.23. The van der Waals surface area contributed by atoms with Crippen molar-refractivity contribution in [3.05, 3.63) is 22.4 Å². The number of carbonyl (C=O) groups is 1. The standard InChI is InChI=1S/C18H26N4O4S2/c1-18(2,3)19-10-14(26-17(23)13-4-9-27-12-13)11-25-16-15(20-28-21-16)22-5-7-24-8-6-22/h4,9,12,14,19H,5-8,10-11H2,1-3H3. The minimum atomic E-state index is -0.453. The average Bonchev–Trinajstić information content (AvgIpc) is 3.35. The molecule has 1 aliphatic rings. The lowest BCUT2D eigenvalue weighted by atomic mass is 10.1. The summed E-state index contributed by atoms with van der Waals surface area (Å²) in [5, 5.41) is 6.99. The summed E-state index contributed by atoms with van der Waals surface area (Å²) in [7, 11) is 0. The summed E-state index contributed by atoms with van der Waals surface area (Å²) in [6.45, 7) is 9.69. The van der Waals surface area contributed by atoms with Gasteiger partial charge in [0.05, 0.1) is 30.5 Å². The van der Waals surface area contributed by atoms with Crippen molar-refractivity contribution in [2.24, 2.45) is 0 Å². The van der Waals surface area contributed by atoms with Gasteiger partial charge >= 0.3 is 5.97 Å². The highest BCUT2D eigenvalue weighted by Gasteiger charge is 2.24. The molecule has 10 heteroatoms. The van der Waals surface area contributed by atoms with E-state index < -0.39 is 6.10 Å². The summed E-state index contributed by atoms with van der Waals surface area (Å²) in [4.78, 5) is 14.5. The van der Waals surface area contributed by atoms with E-state index in [9.17, 15) is 4.79 Å². The lowest BCUT2D eigenvalue weighted by Gasteiger charge is -2.27. The topological polar surface area (TPSA) is 85.8 Å². The molecule has 1 fully saturated rings. The molecule has 1 aliphatic heterocycles. The van der Waals surface area contributed by atoms with Crippen LogP contribution in [0.15, 0.2) is 16.8 Å². The quantitative estimate of drug-likeness (QED) is 0.644. The van der Waals surface area contributed by atoms with E-state index in [1.165, 1.54) is 11.3 Å². The molecule has 0 bridgehead atoms. The average molecular weight is 427 g/mol. The molecule has 0 spiro atoms. The van der Waals surface area contributed by atoms with Crippen LogP contribution in [0, 0.1) is 0 Å². The van der Waals surface area contributed by atoms with Crippen LogP contribution in [0.1, 0.15) is 31.1 Å². The normalized spacial score (nSPS) is 16.0. The number of hydrogen-bond acceptors (Lipinski definition) is 10. The number of ether oxygens (including phenoxy) is 3. The van der Waals surface area contributed by atoms with Crippen LogP contribution in [0.3, 0.4) is 0 Å². The molecule has 2 aromatic heterocycles. The van der Waals surface area contributed by atoms with E-state index in [0.29, 0.717) is 31.2 Å². The molecular formula is C18H26N4O4S2. The SMILES string of the molecule is CC(C)(C)NCC(COc1nsnc1N1CCOCC1)OC(=O)c1ccsc1. The molecule has 1 atom stereocenters. The summed E-state index contributed by atoms with van der Waals surface area (Å²) < 4.78 is 25.6. The smallest absolute Gasteiger partial charge is 0.339 e. The van der Waals surface area contributed by atoms with Crippen LogP contribution in [0.5, 0.6) is 5.88 Å². The summed E-state index contributed by atoms with van der Waals surface area (Å²) in [6, 6.07) is 1.75. The molecule has 1 unspecified atom stereocenters. The molecule has 154 valence electrons. The molecule has 0 aromatic carbocycles. The van der Waals surface area contributed by atoms with E-state index in [1.54, 1.807) is 11.4 Å². The predicted molar refractivity (Wildman–Crippen MR) is 110 cm³/mol. The number of aromatic nitrogens is 2. The molecule has 1 N–H and O–H groups in total. The van der Waals surface area contributed by atoms with Crippen LogP contribution in [0.25, 0.3) is 0 Å². The highest BCUT2D eigenvalue weighted by molar-refractivity contribution is 7.08. The van der Waals surface area contributed by atoms with Crippen molar-refractivity contribution in [1.82, 2.24) is 14.1 Å². The second-order valence-corrected chi connectivity index (χ2v) is 8.78. The maximum absolute atomic E-state index is 12.4.